The van der Waals surface area contributed by atoms with Crippen molar-refractivity contribution in [2.75, 3.05) is 0 Å². The summed E-state index contributed by atoms with van der Waals surface area (Å²) in [5, 5.41) is 9.89. The lowest BCUT2D eigenvalue weighted by atomic mass is 10.0. The van der Waals surface area contributed by atoms with Gasteiger partial charge in [-0.3, -0.25) is 0 Å². The van der Waals surface area contributed by atoms with E-state index in [2.05, 4.69) is 0 Å². The second kappa shape index (κ2) is 4.32. The Morgan fingerprint density at radius 3 is 2.31 bits per heavy atom. The van der Waals surface area contributed by atoms with E-state index in [-0.39, 0.29) is 10.6 Å². The molecule has 2 aromatic rings. The number of hydrogen-bond donors (Lipinski definition) is 1. The van der Waals surface area contributed by atoms with Gasteiger partial charge in [-0.25, -0.2) is 4.39 Å². The van der Waals surface area contributed by atoms with Crippen LogP contribution in [0.3, 0.4) is 0 Å². The molecule has 16 heavy (non-hydrogen) atoms. The summed E-state index contributed by atoms with van der Waals surface area (Å²) in [6, 6.07) is 9.29. The molecule has 0 heterocycles. The van der Waals surface area contributed by atoms with E-state index in [9.17, 15) is 9.50 Å². The summed E-state index contributed by atoms with van der Waals surface area (Å²) in [7, 11) is 0. The highest BCUT2D eigenvalue weighted by Gasteiger charge is 2.13. The molecule has 2 aromatic carbocycles. The molecule has 0 aliphatic rings. The predicted octanol–water partition coefficient (Wildman–Crippen LogP) is 4.51. The van der Waals surface area contributed by atoms with Gasteiger partial charge in [0.25, 0.3) is 0 Å². The number of aromatic hydroxyl groups is 1. The molecule has 1 nitrogen and oxygen atoms in total. The van der Waals surface area contributed by atoms with Crippen molar-refractivity contribution in [2.45, 2.75) is 0 Å². The van der Waals surface area contributed by atoms with Crippen LogP contribution in [0.4, 0.5) is 4.39 Å². The Morgan fingerprint density at radius 1 is 0.938 bits per heavy atom. The third kappa shape index (κ3) is 1.86. The fourth-order valence-corrected chi connectivity index (χ4v) is 1.84. The Bertz CT molecular complexity index is 491. The third-order valence-electron chi connectivity index (χ3n) is 2.22. The van der Waals surface area contributed by atoms with Crippen molar-refractivity contribution in [2.24, 2.45) is 0 Å². The lowest BCUT2D eigenvalue weighted by Crippen LogP contribution is -1.86. The minimum atomic E-state index is -0.702. The normalized spacial score (nSPS) is 10.4. The molecule has 1 N–H and O–H groups in total. The first-order chi connectivity index (χ1) is 7.61. The second-order valence-electron chi connectivity index (χ2n) is 3.24. The van der Waals surface area contributed by atoms with Crippen LogP contribution in [0.25, 0.3) is 11.1 Å². The van der Waals surface area contributed by atoms with Gasteiger partial charge in [0.2, 0.25) is 0 Å². The molecule has 0 bridgehead atoms. The monoisotopic (exact) mass is 256 g/mol. The molecule has 0 aromatic heterocycles. The van der Waals surface area contributed by atoms with Crippen LogP contribution in [-0.4, -0.2) is 5.11 Å². The first-order valence-corrected chi connectivity index (χ1v) is 5.28. The summed E-state index contributed by atoms with van der Waals surface area (Å²) in [6.07, 6.45) is 0. The highest BCUT2D eigenvalue weighted by Crippen LogP contribution is 2.36. The Morgan fingerprint density at radius 2 is 1.56 bits per heavy atom. The zero-order valence-electron chi connectivity index (χ0n) is 8.05. The SMILES string of the molecule is Oc1cccc(-c2cccc(Cl)c2Cl)c1F. The van der Waals surface area contributed by atoms with Crippen molar-refractivity contribution in [3.05, 3.63) is 52.3 Å². The van der Waals surface area contributed by atoms with E-state index in [0.29, 0.717) is 10.6 Å². The predicted molar refractivity (Wildman–Crippen MR) is 63.5 cm³/mol. The van der Waals surface area contributed by atoms with Gasteiger partial charge in [0, 0.05) is 11.1 Å². The molecule has 0 unspecified atom stereocenters. The zero-order chi connectivity index (χ0) is 11.7. The number of benzene rings is 2. The van der Waals surface area contributed by atoms with Gasteiger partial charge in [-0.2, -0.15) is 0 Å². The minimum absolute atomic E-state index is 0.229. The smallest absolute Gasteiger partial charge is 0.172 e. The average molecular weight is 257 g/mol. The van der Waals surface area contributed by atoms with E-state index >= 15 is 0 Å². The second-order valence-corrected chi connectivity index (χ2v) is 4.03. The largest absolute Gasteiger partial charge is 0.505 e. The van der Waals surface area contributed by atoms with E-state index in [1.807, 2.05) is 0 Å². The first kappa shape index (κ1) is 11.2. The van der Waals surface area contributed by atoms with Gasteiger partial charge >= 0.3 is 0 Å². The van der Waals surface area contributed by atoms with E-state index < -0.39 is 11.6 Å². The quantitative estimate of drug-likeness (QED) is 0.797. The van der Waals surface area contributed by atoms with Gasteiger partial charge in [0.05, 0.1) is 10.0 Å². The Kier molecular flexibility index (Phi) is 3.03. The molecule has 0 atom stereocenters. The molecule has 0 fully saturated rings. The molecule has 4 heteroatoms. The maximum Gasteiger partial charge on any atom is 0.172 e. The van der Waals surface area contributed by atoms with E-state index in [4.69, 9.17) is 23.2 Å². The van der Waals surface area contributed by atoms with Crippen molar-refractivity contribution in [3.8, 4) is 16.9 Å². The minimum Gasteiger partial charge on any atom is -0.505 e. The van der Waals surface area contributed by atoms with Crippen LogP contribution in [0.1, 0.15) is 0 Å². The van der Waals surface area contributed by atoms with E-state index in [1.54, 1.807) is 24.3 Å². The molecule has 0 saturated carbocycles. The highest BCUT2D eigenvalue weighted by molar-refractivity contribution is 6.43. The molecular formula is C12H7Cl2FO. The van der Waals surface area contributed by atoms with Crippen molar-refractivity contribution in [1.29, 1.82) is 0 Å². The maximum atomic E-state index is 13.6. The van der Waals surface area contributed by atoms with Gasteiger partial charge in [-0.1, -0.05) is 47.5 Å². The molecular weight excluding hydrogens is 250 g/mol. The fourth-order valence-electron chi connectivity index (χ4n) is 1.44. The summed E-state index contributed by atoms with van der Waals surface area (Å²) < 4.78 is 13.6. The van der Waals surface area contributed by atoms with Crippen molar-refractivity contribution < 1.29 is 9.50 Å². The van der Waals surface area contributed by atoms with Gasteiger partial charge < -0.3 is 5.11 Å². The van der Waals surface area contributed by atoms with Gasteiger partial charge in [0.15, 0.2) is 11.6 Å². The highest BCUT2D eigenvalue weighted by atomic mass is 35.5. The molecule has 0 aliphatic heterocycles. The number of hydrogen-bond acceptors (Lipinski definition) is 1. The van der Waals surface area contributed by atoms with Crippen LogP contribution >= 0.6 is 23.2 Å². The summed E-state index contributed by atoms with van der Waals surface area (Å²) in [4.78, 5) is 0. The van der Waals surface area contributed by atoms with E-state index in [0.717, 1.165) is 0 Å². The van der Waals surface area contributed by atoms with Gasteiger partial charge in [-0.15, -0.1) is 0 Å². The molecule has 0 amide bonds. The third-order valence-corrected chi connectivity index (χ3v) is 3.04. The molecule has 82 valence electrons. The number of phenolic OH excluding ortho intramolecular Hbond substituents is 1. The van der Waals surface area contributed by atoms with Crippen molar-refractivity contribution >= 4 is 23.2 Å². The summed E-state index contributed by atoms with van der Waals surface area (Å²) in [5.74, 6) is -1.11. The number of halogens is 3. The lowest BCUT2D eigenvalue weighted by molar-refractivity contribution is 0.433. The topological polar surface area (TPSA) is 20.2 Å². The average Bonchev–Trinajstić information content (AvgIpc) is 2.27. The van der Waals surface area contributed by atoms with Crippen LogP contribution < -0.4 is 0 Å². The molecule has 0 spiro atoms. The molecule has 2 rings (SSSR count). The molecule has 0 radical (unpaired) electrons. The van der Waals surface area contributed by atoms with Crippen molar-refractivity contribution in [3.63, 3.8) is 0 Å². The summed E-state index contributed by atoms with van der Waals surface area (Å²) in [5.41, 5.74) is 0.690. The maximum absolute atomic E-state index is 13.6. The van der Waals surface area contributed by atoms with E-state index in [1.165, 1.54) is 12.1 Å². The Balaban J connectivity index is 2.68. The van der Waals surface area contributed by atoms with Crippen LogP contribution in [0.15, 0.2) is 36.4 Å². The fraction of sp³-hybridized carbons (Fsp3) is 0. The molecule has 0 saturated heterocycles. The van der Waals surface area contributed by atoms with Crippen LogP contribution in [0.5, 0.6) is 5.75 Å². The van der Waals surface area contributed by atoms with Crippen LogP contribution in [0.2, 0.25) is 10.0 Å². The van der Waals surface area contributed by atoms with Crippen LogP contribution in [-0.2, 0) is 0 Å². The summed E-state index contributed by atoms with van der Waals surface area (Å²) >= 11 is 11.8. The van der Waals surface area contributed by atoms with Crippen molar-refractivity contribution in [1.82, 2.24) is 0 Å². The standard InChI is InChI=1S/C12H7Cl2FO/c13-9-5-1-3-7(11(9)14)8-4-2-6-10(16)12(8)15/h1-6,16H. The Labute approximate surface area is 102 Å². The number of rotatable bonds is 1. The zero-order valence-corrected chi connectivity index (χ0v) is 9.56. The number of phenols is 1. The lowest BCUT2D eigenvalue weighted by Gasteiger charge is -2.07. The Hall–Kier alpha value is -1.25. The van der Waals surface area contributed by atoms with Crippen LogP contribution in [0, 0.1) is 5.82 Å². The van der Waals surface area contributed by atoms with Gasteiger partial charge in [-0.05, 0) is 12.1 Å². The summed E-state index contributed by atoms with van der Waals surface area (Å²) in [6.45, 7) is 0. The first-order valence-electron chi connectivity index (χ1n) is 4.53. The molecule has 0 aliphatic carbocycles. The van der Waals surface area contributed by atoms with Gasteiger partial charge in [0.1, 0.15) is 0 Å².